The zero-order valence-electron chi connectivity index (χ0n) is 13.4. The molecule has 0 aliphatic carbocycles. The van der Waals surface area contributed by atoms with Gasteiger partial charge in [-0.1, -0.05) is 36.4 Å². The average molecular weight is 320 g/mol. The van der Waals surface area contributed by atoms with Crippen molar-refractivity contribution in [3.05, 3.63) is 81.7 Å². The second-order valence-electron chi connectivity index (χ2n) is 5.44. The van der Waals surface area contributed by atoms with Crippen LogP contribution in [0, 0.1) is 6.92 Å². The van der Waals surface area contributed by atoms with Crippen molar-refractivity contribution >= 4 is 22.6 Å². The maximum absolute atomic E-state index is 12.2. The summed E-state index contributed by atoms with van der Waals surface area (Å²) in [6.07, 6.45) is 0. The van der Waals surface area contributed by atoms with Crippen LogP contribution < -0.4 is 11.1 Å². The number of amides is 1. The Hall–Kier alpha value is -3.21. The predicted molar refractivity (Wildman–Crippen MR) is 93.3 cm³/mol. The predicted octanol–water partition coefficient (Wildman–Crippen LogP) is 3.26. The lowest BCUT2D eigenvalue weighted by molar-refractivity contribution is 0.0954. The van der Waals surface area contributed by atoms with Crippen LogP contribution in [0.15, 0.2) is 68.9 Å². The van der Waals surface area contributed by atoms with Gasteiger partial charge in [0.2, 0.25) is 0 Å². The fourth-order valence-electron chi connectivity index (χ4n) is 2.40. The molecule has 0 saturated heterocycles. The van der Waals surface area contributed by atoms with E-state index in [0.717, 1.165) is 10.9 Å². The van der Waals surface area contributed by atoms with Crippen molar-refractivity contribution in [2.75, 3.05) is 0 Å². The van der Waals surface area contributed by atoms with Crippen molar-refractivity contribution in [2.45, 2.75) is 13.8 Å². The van der Waals surface area contributed by atoms with Gasteiger partial charge in [0.25, 0.3) is 5.91 Å². The van der Waals surface area contributed by atoms with Crippen LogP contribution in [0.5, 0.6) is 0 Å². The van der Waals surface area contributed by atoms with Gasteiger partial charge in [-0.25, -0.2) is 10.2 Å². The molecule has 0 saturated carbocycles. The highest BCUT2D eigenvalue weighted by Gasteiger charge is 2.10. The zero-order valence-corrected chi connectivity index (χ0v) is 13.4. The van der Waals surface area contributed by atoms with Gasteiger partial charge >= 0.3 is 5.63 Å². The lowest BCUT2D eigenvalue weighted by Gasteiger charge is -2.05. The molecule has 2 aromatic carbocycles. The lowest BCUT2D eigenvalue weighted by Crippen LogP contribution is -2.22. The Bertz CT molecular complexity index is 1000. The fourth-order valence-corrected chi connectivity index (χ4v) is 2.40. The number of benzene rings is 2. The van der Waals surface area contributed by atoms with E-state index in [0.29, 0.717) is 22.4 Å². The van der Waals surface area contributed by atoms with Gasteiger partial charge in [0.15, 0.2) is 0 Å². The number of hydrogen-bond donors (Lipinski definition) is 1. The number of fused-ring (bicyclic) bond motifs is 1. The molecule has 0 unspecified atom stereocenters. The Labute approximate surface area is 138 Å². The van der Waals surface area contributed by atoms with E-state index in [1.807, 2.05) is 31.2 Å². The molecule has 0 aliphatic rings. The van der Waals surface area contributed by atoms with E-state index in [1.165, 1.54) is 0 Å². The van der Waals surface area contributed by atoms with Crippen LogP contribution in [0.3, 0.4) is 0 Å². The van der Waals surface area contributed by atoms with Gasteiger partial charge < -0.3 is 4.42 Å². The van der Waals surface area contributed by atoms with E-state index in [9.17, 15) is 9.59 Å². The molecular weight excluding hydrogens is 304 g/mol. The number of para-hydroxylation sites is 1. The smallest absolute Gasteiger partial charge is 0.345 e. The summed E-state index contributed by atoms with van der Waals surface area (Å²) in [6.45, 7) is 3.50. The molecule has 0 atom stereocenters. The SMILES string of the molecule is C/C(=N/NC(=O)c1ccccc1C)c1cc2ccccc2oc1=O. The van der Waals surface area contributed by atoms with E-state index in [2.05, 4.69) is 10.5 Å². The Balaban J connectivity index is 1.89. The van der Waals surface area contributed by atoms with Crippen molar-refractivity contribution in [1.82, 2.24) is 5.43 Å². The number of carbonyl (C=O) groups excluding carboxylic acids is 1. The van der Waals surface area contributed by atoms with Crippen LogP contribution in [-0.2, 0) is 0 Å². The highest BCUT2D eigenvalue weighted by molar-refractivity contribution is 6.02. The van der Waals surface area contributed by atoms with E-state index >= 15 is 0 Å². The number of carbonyl (C=O) groups is 1. The van der Waals surface area contributed by atoms with Crippen molar-refractivity contribution in [3.63, 3.8) is 0 Å². The number of hydrogen-bond acceptors (Lipinski definition) is 4. The molecule has 120 valence electrons. The molecular formula is C19H16N2O3. The summed E-state index contributed by atoms with van der Waals surface area (Å²) in [5.74, 6) is -0.322. The summed E-state index contributed by atoms with van der Waals surface area (Å²) in [6, 6.07) is 16.2. The molecule has 0 bridgehead atoms. The summed E-state index contributed by atoms with van der Waals surface area (Å²) in [4.78, 5) is 24.3. The molecule has 0 aliphatic heterocycles. The molecule has 1 heterocycles. The summed E-state index contributed by atoms with van der Waals surface area (Å²) < 4.78 is 5.28. The first-order chi connectivity index (χ1) is 11.6. The van der Waals surface area contributed by atoms with Crippen LogP contribution in [-0.4, -0.2) is 11.6 Å². The third-order valence-corrected chi connectivity index (χ3v) is 3.75. The summed E-state index contributed by atoms with van der Waals surface area (Å²) in [7, 11) is 0. The monoisotopic (exact) mass is 320 g/mol. The molecule has 0 spiro atoms. The molecule has 0 radical (unpaired) electrons. The van der Waals surface area contributed by atoms with E-state index in [1.54, 1.807) is 37.3 Å². The number of aryl methyl sites for hydroxylation is 1. The summed E-state index contributed by atoms with van der Waals surface area (Å²) in [5.41, 5.74) is 4.61. The standard InChI is InChI=1S/C19H16N2O3/c1-12-7-3-5-9-15(12)18(22)21-20-13(2)16-11-14-8-4-6-10-17(14)24-19(16)23/h3-11H,1-2H3,(H,21,22)/b20-13-. The van der Waals surface area contributed by atoms with Gasteiger partial charge in [-0.2, -0.15) is 5.10 Å². The molecule has 3 rings (SSSR count). The minimum absolute atomic E-state index is 0.318. The number of nitrogens with zero attached hydrogens (tertiary/aromatic N) is 1. The lowest BCUT2D eigenvalue weighted by atomic mass is 10.1. The summed E-state index contributed by atoms with van der Waals surface area (Å²) >= 11 is 0. The van der Waals surface area contributed by atoms with Gasteiger partial charge in [0.05, 0.1) is 11.3 Å². The number of nitrogens with one attached hydrogen (secondary N) is 1. The minimum atomic E-state index is -0.486. The molecule has 1 N–H and O–H groups in total. The minimum Gasteiger partial charge on any atom is -0.422 e. The van der Waals surface area contributed by atoms with E-state index in [-0.39, 0.29) is 5.91 Å². The quantitative estimate of drug-likeness (QED) is 0.457. The van der Waals surface area contributed by atoms with Crippen LogP contribution in [0.1, 0.15) is 28.4 Å². The van der Waals surface area contributed by atoms with Gasteiger partial charge in [-0.05, 0) is 37.6 Å². The first-order valence-corrected chi connectivity index (χ1v) is 7.50. The second-order valence-corrected chi connectivity index (χ2v) is 5.44. The average Bonchev–Trinajstić information content (AvgIpc) is 2.59. The van der Waals surface area contributed by atoms with Gasteiger partial charge in [0, 0.05) is 10.9 Å². The molecule has 1 amide bonds. The van der Waals surface area contributed by atoms with Crippen molar-refractivity contribution < 1.29 is 9.21 Å². The van der Waals surface area contributed by atoms with Gasteiger partial charge in [-0.15, -0.1) is 0 Å². The van der Waals surface area contributed by atoms with Gasteiger partial charge in [-0.3, -0.25) is 4.79 Å². The number of hydrazone groups is 1. The highest BCUT2D eigenvalue weighted by Crippen LogP contribution is 2.13. The Morgan fingerprint density at radius 2 is 1.75 bits per heavy atom. The molecule has 5 nitrogen and oxygen atoms in total. The van der Waals surface area contributed by atoms with Crippen LogP contribution in [0.4, 0.5) is 0 Å². The van der Waals surface area contributed by atoms with E-state index in [4.69, 9.17) is 4.42 Å². The van der Waals surface area contributed by atoms with Crippen LogP contribution in [0.25, 0.3) is 11.0 Å². The largest absolute Gasteiger partial charge is 0.422 e. The van der Waals surface area contributed by atoms with Crippen molar-refractivity contribution in [2.24, 2.45) is 5.10 Å². The fraction of sp³-hybridized carbons (Fsp3) is 0.105. The van der Waals surface area contributed by atoms with Gasteiger partial charge in [0.1, 0.15) is 5.58 Å². The second kappa shape index (κ2) is 6.50. The first-order valence-electron chi connectivity index (χ1n) is 7.50. The van der Waals surface area contributed by atoms with Crippen molar-refractivity contribution in [1.29, 1.82) is 0 Å². The van der Waals surface area contributed by atoms with E-state index < -0.39 is 5.63 Å². The Morgan fingerprint density at radius 3 is 2.54 bits per heavy atom. The zero-order chi connectivity index (χ0) is 17.1. The molecule has 24 heavy (non-hydrogen) atoms. The third kappa shape index (κ3) is 3.10. The normalized spacial score (nSPS) is 11.5. The number of rotatable bonds is 3. The van der Waals surface area contributed by atoms with Crippen molar-refractivity contribution in [3.8, 4) is 0 Å². The molecule has 5 heteroatoms. The Morgan fingerprint density at radius 1 is 1.04 bits per heavy atom. The molecule has 3 aromatic rings. The van der Waals surface area contributed by atoms with Crippen LogP contribution in [0.2, 0.25) is 0 Å². The molecule has 1 aromatic heterocycles. The topological polar surface area (TPSA) is 71.7 Å². The third-order valence-electron chi connectivity index (χ3n) is 3.75. The molecule has 0 fully saturated rings. The summed E-state index contributed by atoms with van der Waals surface area (Å²) in [5, 5.41) is 4.83. The Kier molecular flexibility index (Phi) is 4.24. The highest BCUT2D eigenvalue weighted by atomic mass is 16.4. The van der Waals surface area contributed by atoms with Crippen LogP contribution >= 0.6 is 0 Å². The maximum Gasteiger partial charge on any atom is 0.345 e. The first kappa shape index (κ1) is 15.7. The maximum atomic E-state index is 12.2.